The first-order valence-corrected chi connectivity index (χ1v) is 15.7. The molecule has 212 valence electrons. The summed E-state index contributed by atoms with van der Waals surface area (Å²) in [4.78, 5) is 11.9. The Bertz CT molecular complexity index is 2620. The molecule has 2 aromatic heterocycles. The van der Waals surface area contributed by atoms with Crippen LogP contribution in [0, 0.1) is 10.1 Å². The fourth-order valence-corrected chi connectivity index (χ4v) is 8.31. The smallest absolute Gasteiger partial charge is 0.277 e. The Labute approximate surface area is 262 Å². The average Bonchev–Trinajstić information content (AvgIpc) is 3.65. The maximum Gasteiger partial charge on any atom is 0.277 e. The van der Waals surface area contributed by atoms with E-state index in [-0.39, 0.29) is 10.6 Å². The fourth-order valence-electron chi connectivity index (χ4n) is 6.91. The Morgan fingerprint density at radius 3 is 2.04 bits per heavy atom. The monoisotopic (exact) mass is 596 g/mol. The molecular weight excluding hydrogens is 573 g/mol. The number of rotatable bonds is 4. The van der Waals surface area contributed by atoms with Gasteiger partial charge in [0.1, 0.15) is 0 Å². The topological polar surface area (TPSA) is 48.1 Å². The van der Waals surface area contributed by atoms with Crippen molar-refractivity contribution in [2.45, 2.75) is 0 Å². The van der Waals surface area contributed by atoms with Gasteiger partial charge in [-0.05, 0) is 58.3 Å². The third kappa shape index (κ3) is 3.84. The molecule has 2 heterocycles. The predicted octanol–water partition coefficient (Wildman–Crippen LogP) is 11.5. The molecule has 0 radical (unpaired) electrons. The van der Waals surface area contributed by atoms with Crippen LogP contribution in [0.1, 0.15) is 0 Å². The molecule has 0 fully saturated rings. The lowest BCUT2D eigenvalue weighted by atomic mass is 9.95. The van der Waals surface area contributed by atoms with Gasteiger partial charge >= 0.3 is 0 Å². The number of nitro groups is 1. The second-order valence-corrected chi connectivity index (χ2v) is 12.3. The minimum atomic E-state index is -0.279. The van der Waals surface area contributed by atoms with Crippen LogP contribution in [0.25, 0.3) is 80.7 Å². The van der Waals surface area contributed by atoms with Gasteiger partial charge in [-0.3, -0.25) is 10.1 Å². The SMILES string of the molecule is O=[N+]([O-])c1ccccc1-c1cc2ccccc2c2c1sc1c2ccc2c1c1ccccc1n2-c1ccc(-c2ccccc2)cc1. The van der Waals surface area contributed by atoms with Crippen LogP contribution < -0.4 is 0 Å². The summed E-state index contributed by atoms with van der Waals surface area (Å²) in [5.74, 6) is 0. The predicted molar refractivity (Wildman–Crippen MR) is 189 cm³/mol. The molecule has 0 aliphatic carbocycles. The van der Waals surface area contributed by atoms with Crippen LogP contribution >= 0.6 is 11.3 Å². The van der Waals surface area contributed by atoms with Crippen molar-refractivity contribution in [3.8, 4) is 27.9 Å². The van der Waals surface area contributed by atoms with E-state index in [9.17, 15) is 10.1 Å². The minimum absolute atomic E-state index is 0.118. The second kappa shape index (κ2) is 9.88. The largest absolute Gasteiger partial charge is 0.309 e. The summed E-state index contributed by atoms with van der Waals surface area (Å²) in [6.07, 6.45) is 0. The van der Waals surface area contributed by atoms with Gasteiger partial charge in [0.15, 0.2) is 0 Å². The molecule has 0 saturated heterocycles. The third-order valence-electron chi connectivity index (χ3n) is 8.89. The quantitative estimate of drug-likeness (QED) is 0.150. The molecule has 4 nitrogen and oxygen atoms in total. The highest BCUT2D eigenvalue weighted by molar-refractivity contribution is 7.27. The molecule has 0 bridgehead atoms. The zero-order chi connectivity index (χ0) is 30.1. The highest BCUT2D eigenvalue weighted by Crippen LogP contribution is 2.49. The van der Waals surface area contributed by atoms with Gasteiger partial charge in [0, 0.05) is 48.3 Å². The Morgan fingerprint density at radius 2 is 1.22 bits per heavy atom. The van der Waals surface area contributed by atoms with Crippen molar-refractivity contribution in [1.82, 2.24) is 4.57 Å². The molecule has 45 heavy (non-hydrogen) atoms. The lowest BCUT2D eigenvalue weighted by molar-refractivity contribution is -0.384. The van der Waals surface area contributed by atoms with E-state index in [4.69, 9.17) is 0 Å². The van der Waals surface area contributed by atoms with Gasteiger partial charge in [-0.15, -0.1) is 11.3 Å². The van der Waals surface area contributed by atoms with Crippen molar-refractivity contribution in [3.05, 3.63) is 156 Å². The number of nitro benzene ring substituents is 1. The van der Waals surface area contributed by atoms with Crippen LogP contribution in [-0.2, 0) is 0 Å². The number of hydrogen-bond donors (Lipinski definition) is 0. The summed E-state index contributed by atoms with van der Waals surface area (Å²) >= 11 is 1.74. The Morgan fingerprint density at radius 1 is 0.533 bits per heavy atom. The standard InChI is InChI=1S/C40H24N2O2S/c43-42(44)35-17-9-6-14-30(35)33-24-27-12-4-5-13-29(27)37-32-22-23-36-38(39(32)45-40(33)37)31-15-7-8-16-34(31)41(36)28-20-18-26(19-21-28)25-10-2-1-3-11-25/h1-24H. The first kappa shape index (κ1) is 25.7. The molecular formula is C40H24N2O2S. The number of nitrogens with zero attached hydrogens (tertiary/aromatic N) is 2. The Hall–Kier alpha value is -5.78. The van der Waals surface area contributed by atoms with Crippen molar-refractivity contribution in [3.63, 3.8) is 0 Å². The van der Waals surface area contributed by atoms with Crippen molar-refractivity contribution < 1.29 is 4.92 Å². The lowest BCUT2D eigenvalue weighted by Crippen LogP contribution is -1.93. The van der Waals surface area contributed by atoms with Crippen LogP contribution in [0.3, 0.4) is 0 Å². The van der Waals surface area contributed by atoms with Gasteiger partial charge in [0.2, 0.25) is 0 Å². The van der Waals surface area contributed by atoms with Crippen LogP contribution in [0.5, 0.6) is 0 Å². The van der Waals surface area contributed by atoms with Gasteiger partial charge < -0.3 is 4.57 Å². The summed E-state index contributed by atoms with van der Waals surface area (Å²) in [5, 5.41) is 19.1. The summed E-state index contributed by atoms with van der Waals surface area (Å²) in [7, 11) is 0. The molecule has 7 aromatic carbocycles. The molecule has 0 N–H and O–H groups in total. The van der Waals surface area contributed by atoms with Gasteiger partial charge in [0.05, 0.1) is 21.5 Å². The van der Waals surface area contributed by atoms with E-state index in [1.165, 1.54) is 32.0 Å². The normalized spacial score (nSPS) is 11.7. The number of hydrogen-bond acceptors (Lipinski definition) is 3. The molecule has 5 heteroatoms. The van der Waals surface area contributed by atoms with Gasteiger partial charge in [0.25, 0.3) is 5.69 Å². The zero-order valence-corrected chi connectivity index (χ0v) is 24.8. The molecule has 0 aliphatic heterocycles. The maximum absolute atomic E-state index is 12.1. The summed E-state index contributed by atoms with van der Waals surface area (Å²) in [6.45, 7) is 0. The summed E-state index contributed by atoms with van der Waals surface area (Å²) in [6, 6.07) is 49.8. The number of benzene rings is 7. The van der Waals surface area contributed by atoms with Crippen LogP contribution in [0.2, 0.25) is 0 Å². The Balaban J connectivity index is 1.37. The van der Waals surface area contributed by atoms with Gasteiger partial charge in [-0.1, -0.05) is 103 Å². The lowest BCUT2D eigenvalue weighted by Gasteiger charge is -2.10. The second-order valence-electron chi connectivity index (χ2n) is 11.3. The molecule has 0 saturated carbocycles. The first-order valence-electron chi connectivity index (χ1n) is 14.9. The average molecular weight is 597 g/mol. The maximum atomic E-state index is 12.1. The van der Waals surface area contributed by atoms with Crippen LogP contribution in [-0.4, -0.2) is 9.49 Å². The number of aromatic nitrogens is 1. The first-order chi connectivity index (χ1) is 22.2. The number of para-hydroxylation sites is 2. The van der Waals surface area contributed by atoms with Crippen molar-refractivity contribution in [2.75, 3.05) is 0 Å². The molecule has 0 unspecified atom stereocenters. The van der Waals surface area contributed by atoms with Crippen LogP contribution in [0.15, 0.2) is 146 Å². The van der Waals surface area contributed by atoms with E-state index in [1.807, 2.05) is 24.3 Å². The van der Waals surface area contributed by atoms with Crippen LogP contribution in [0.4, 0.5) is 5.69 Å². The Kier molecular flexibility index (Phi) is 5.64. The summed E-state index contributed by atoms with van der Waals surface area (Å²) in [5.41, 5.74) is 7.42. The highest BCUT2D eigenvalue weighted by atomic mass is 32.1. The highest BCUT2D eigenvalue weighted by Gasteiger charge is 2.23. The van der Waals surface area contributed by atoms with E-state index < -0.39 is 0 Å². The number of fused-ring (bicyclic) bond motifs is 9. The molecule has 0 atom stereocenters. The van der Waals surface area contributed by atoms with E-state index in [1.54, 1.807) is 23.5 Å². The van der Waals surface area contributed by atoms with E-state index in [0.29, 0.717) is 5.56 Å². The minimum Gasteiger partial charge on any atom is -0.309 e. The van der Waals surface area contributed by atoms with Gasteiger partial charge in [-0.25, -0.2) is 0 Å². The van der Waals surface area contributed by atoms with Crippen molar-refractivity contribution >= 4 is 69.8 Å². The van der Waals surface area contributed by atoms with Crippen molar-refractivity contribution in [2.24, 2.45) is 0 Å². The van der Waals surface area contributed by atoms with Gasteiger partial charge in [-0.2, -0.15) is 0 Å². The van der Waals surface area contributed by atoms with E-state index in [2.05, 4.69) is 114 Å². The molecule has 0 amide bonds. The molecule has 0 aliphatic rings. The summed E-state index contributed by atoms with van der Waals surface area (Å²) < 4.78 is 4.61. The third-order valence-corrected chi connectivity index (χ3v) is 10.1. The molecule has 0 spiro atoms. The number of thiophene rings is 1. The fraction of sp³-hybridized carbons (Fsp3) is 0. The molecule has 9 rings (SSSR count). The zero-order valence-electron chi connectivity index (χ0n) is 24.0. The van der Waals surface area contributed by atoms with Crippen molar-refractivity contribution in [1.29, 1.82) is 0 Å². The van der Waals surface area contributed by atoms with E-state index in [0.717, 1.165) is 43.1 Å². The van der Waals surface area contributed by atoms with E-state index >= 15 is 0 Å². The molecule has 9 aromatic rings.